The monoisotopic (exact) mass is 505 g/mol. The van der Waals surface area contributed by atoms with Crippen LogP contribution in [0.1, 0.15) is 54.1 Å². The van der Waals surface area contributed by atoms with Crippen LogP contribution in [0.2, 0.25) is 0 Å². The molecule has 3 N–H and O–H groups in total. The van der Waals surface area contributed by atoms with Crippen molar-refractivity contribution in [3.8, 4) is 0 Å². The minimum Gasteiger partial charge on any atom is -0.339 e. The number of anilines is 1. The van der Waals surface area contributed by atoms with Crippen molar-refractivity contribution in [2.45, 2.75) is 37.6 Å². The average molecular weight is 506 g/mol. The first-order chi connectivity index (χ1) is 15.9. The second-order valence-electron chi connectivity index (χ2n) is 8.72. The maximum atomic E-state index is 11.3. The lowest BCUT2D eigenvalue weighted by atomic mass is 9.96. The molecule has 0 unspecified atom stereocenters. The van der Waals surface area contributed by atoms with E-state index in [0.29, 0.717) is 23.8 Å². The topological polar surface area (TPSA) is 114 Å². The maximum Gasteiger partial charge on any atom is 0.229 e. The van der Waals surface area contributed by atoms with E-state index in [1.807, 2.05) is 30.3 Å². The second-order valence-corrected chi connectivity index (χ2v) is 10.5. The van der Waals surface area contributed by atoms with Crippen molar-refractivity contribution in [1.29, 1.82) is 0 Å². The lowest BCUT2D eigenvalue weighted by Crippen LogP contribution is -2.35. The van der Waals surface area contributed by atoms with Crippen molar-refractivity contribution < 1.29 is 12.9 Å². The van der Waals surface area contributed by atoms with E-state index in [1.54, 1.807) is 12.1 Å². The molecule has 1 fully saturated rings. The van der Waals surface area contributed by atoms with Gasteiger partial charge in [0.1, 0.15) is 0 Å². The van der Waals surface area contributed by atoms with Crippen molar-refractivity contribution in [3.05, 3.63) is 77.4 Å². The Labute approximate surface area is 207 Å². The Kier molecular flexibility index (Phi) is 9.07. The van der Waals surface area contributed by atoms with Gasteiger partial charge in [0.05, 0.1) is 6.26 Å². The maximum absolute atomic E-state index is 11.3. The molecule has 8 nitrogen and oxygen atoms in total. The summed E-state index contributed by atoms with van der Waals surface area (Å²) in [5.41, 5.74) is 9.05. The number of piperidine rings is 1. The smallest absolute Gasteiger partial charge is 0.229 e. The number of aromatic nitrogens is 2. The van der Waals surface area contributed by atoms with Gasteiger partial charge in [-0.25, -0.2) is 8.42 Å². The highest BCUT2D eigenvalue weighted by atomic mass is 35.5. The number of hydrogen-bond acceptors (Lipinski definition) is 7. The molecule has 0 saturated carbocycles. The number of halogens is 1. The molecule has 184 valence electrons. The lowest BCUT2D eigenvalue weighted by Gasteiger charge is -2.31. The van der Waals surface area contributed by atoms with Gasteiger partial charge in [-0.2, -0.15) is 4.98 Å². The van der Waals surface area contributed by atoms with E-state index in [0.717, 1.165) is 50.7 Å². The number of nitrogens with one attached hydrogen (secondary N) is 1. The Bertz CT molecular complexity index is 1130. The first kappa shape index (κ1) is 26.2. The van der Waals surface area contributed by atoms with Crippen LogP contribution < -0.4 is 10.5 Å². The minimum atomic E-state index is -3.28. The highest BCUT2D eigenvalue weighted by Gasteiger charge is 2.25. The SMILES string of the molecule is CS(=O)(=O)Nc1ccc(Cc2noc(C3CCN(CC[C@H](N)c4ccccc4)CC3)n2)cc1.Cl. The van der Waals surface area contributed by atoms with Crippen molar-refractivity contribution >= 4 is 28.1 Å². The Morgan fingerprint density at radius 2 is 1.79 bits per heavy atom. The van der Waals surface area contributed by atoms with E-state index < -0.39 is 10.0 Å². The van der Waals surface area contributed by atoms with Gasteiger partial charge in [-0.05, 0) is 62.2 Å². The molecule has 1 aliphatic heterocycles. The summed E-state index contributed by atoms with van der Waals surface area (Å²) in [6, 6.07) is 17.5. The van der Waals surface area contributed by atoms with Crippen LogP contribution in [-0.4, -0.2) is 49.3 Å². The van der Waals surface area contributed by atoms with Gasteiger partial charge in [0.2, 0.25) is 15.9 Å². The van der Waals surface area contributed by atoms with Crippen LogP contribution in [0, 0.1) is 0 Å². The summed E-state index contributed by atoms with van der Waals surface area (Å²) in [6.45, 7) is 2.99. The molecule has 1 aliphatic rings. The zero-order chi connectivity index (χ0) is 23.3. The molecule has 0 aliphatic carbocycles. The molecule has 10 heteroatoms. The highest BCUT2D eigenvalue weighted by Crippen LogP contribution is 2.28. The summed E-state index contributed by atoms with van der Waals surface area (Å²) >= 11 is 0. The van der Waals surface area contributed by atoms with E-state index in [4.69, 9.17) is 10.3 Å². The largest absolute Gasteiger partial charge is 0.339 e. The number of sulfonamides is 1. The predicted octanol–water partition coefficient (Wildman–Crippen LogP) is 3.72. The molecule has 0 bridgehead atoms. The zero-order valence-corrected chi connectivity index (χ0v) is 20.9. The van der Waals surface area contributed by atoms with Crippen molar-refractivity contribution in [2.75, 3.05) is 30.6 Å². The summed E-state index contributed by atoms with van der Waals surface area (Å²) < 4.78 is 30.7. The third-order valence-electron chi connectivity index (χ3n) is 6.02. The quantitative estimate of drug-likeness (QED) is 0.455. The van der Waals surface area contributed by atoms with E-state index >= 15 is 0 Å². The van der Waals surface area contributed by atoms with Crippen LogP contribution in [-0.2, 0) is 16.4 Å². The van der Waals surface area contributed by atoms with Gasteiger partial charge in [0.15, 0.2) is 5.82 Å². The number of nitrogens with two attached hydrogens (primary N) is 1. The molecule has 0 spiro atoms. The van der Waals surface area contributed by atoms with Crippen molar-refractivity contribution in [3.63, 3.8) is 0 Å². The highest BCUT2D eigenvalue weighted by molar-refractivity contribution is 7.92. The number of likely N-dealkylation sites (tertiary alicyclic amines) is 1. The minimum absolute atomic E-state index is 0. The summed E-state index contributed by atoms with van der Waals surface area (Å²) in [6.07, 6.45) is 4.60. The molecule has 2 aromatic carbocycles. The van der Waals surface area contributed by atoms with Crippen molar-refractivity contribution in [2.24, 2.45) is 5.73 Å². The molecule has 0 amide bonds. The number of rotatable bonds is 9. The molecule has 3 aromatic rings. The molecule has 4 rings (SSSR count). The molecule has 2 heterocycles. The van der Waals surface area contributed by atoms with Gasteiger partial charge in [-0.15, -0.1) is 12.4 Å². The third-order valence-corrected chi connectivity index (χ3v) is 6.63. The summed E-state index contributed by atoms with van der Waals surface area (Å²) in [5.74, 6) is 1.64. The molecule has 1 saturated heterocycles. The second kappa shape index (κ2) is 11.8. The molecular formula is C24H32ClN5O3S. The normalized spacial score (nSPS) is 16.1. The fourth-order valence-corrected chi connectivity index (χ4v) is 4.75. The van der Waals surface area contributed by atoms with Gasteiger partial charge >= 0.3 is 0 Å². The van der Waals surface area contributed by atoms with Gasteiger partial charge < -0.3 is 15.2 Å². The Hall–Kier alpha value is -2.46. The fraction of sp³-hybridized carbons (Fsp3) is 0.417. The fourth-order valence-electron chi connectivity index (χ4n) is 4.18. The summed E-state index contributed by atoms with van der Waals surface area (Å²) in [4.78, 5) is 7.08. The zero-order valence-electron chi connectivity index (χ0n) is 19.3. The number of nitrogens with zero attached hydrogens (tertiary/aromatic N) is 3. The molecule has 34 heavy (non-hydrogen) atoms. The van der Waals surface area contributed by atoms with Gasteiger partial charge in [0, 0.05) is 24.1 Å². The first-order valence-corrected chi connectivity index (χ1v) is 13.2. The van der Waals surface area contributed by atoms with Crippen LogP contribution >= 0.6 is 12.4 Å². The van der Waals surface area contributed by atoms with Crippen LogP contribution in [0.25, 0.3) is 0 Å². The van der Waals surface area contributed by atoms with Gasteiger partial charge in [0.25, 0.3) is 0 Å². The Morgan fingerprint density at radius 3 is 2.44 bits per heavy atom. The first-order valence-electron chi connectivity index (χ1n) is 11.3. The summed E-state index contributed by atoms with van der Waals surface area (Å²) in [7, 11) is -3.28. The average Bonchev–Trinajstić information content (AvgIpc) is 3.27. The molecular weight excluding hydrogens is 474 g/mol. The van der Waals surface area contributed by atoms with Gasteiger partial charge in [-0.1, -0.05) is 47.6 Å². The van der Waals surface area contributed by atoms with Crippen LogP contribution in [0.5, 0.6) is 0 Å². The molecule has 1 aromatic heterocycles. The number of hydrogen-bond donors (Lipinski definition) is 2. The van der Waals surface area contributed by atoms with Crippen LogP contribution in [0.3, 0.4) is 0 Å². The Balaban J connectivity index is 0.00000324. The van der Waals surface area contributed by atoms with Crippen LogP contribution in [0.15, 0.2) is 59.1 Å². The van der Waals surface area contributed by atoms with E-state index in [9.17, 15) is 8.42 Å². The van der Waals surface area contributed by atoms with Crippen LogP contribution in [0.4, 0.5) is 5.69 Å². The molecule has 0 radical (unpaired) electrons. The number of benzene rings is 2. The van der Waals surface area contributed by atoms with E-state index in [2.05, 4.69) is 31.9 Å². The van der Waals surface area contributed by atoms with E-state index in [-0.39, 0.29) is 24.4 Å². The summed E-state index contributed by atoms with van der Waals surface area (Å²) in [5, 5.41) is 4.15. The standard InChI is InChI=1S/C24H31N5O3S.ClH/c1-33(30,31)28-21-9-7-18(8-10-21)17-23-26-24(32-27-23)20-11-14-29(15-12-20)16-13-22(25)19-5-3-2-4-6-19;/h2-10,20,22,28H,11-17,25H2,1H3;1H/t22-;/m0./s1. The Morgan fingerprint density at radius 1 is 1.12 bits per heavy atom. The lowest BCUT2D eigenvalue weighted by molar-refractivity contribution is 0.189. The third kappa shape index (κ3) is 7.53. The predicted molar refractivity (Wildman–Crippen MR) is 136 cm³/mol. The van der Waals surface area contributed by atoms with Gasteiger partial charge in [-0.3, -0.25) is 4.72 Å². The van der Waals surface area contributed by atoms with E-state index in [1.165, 1.54) is 5.56 Å². The molecule has 1 atom stereocenters. The van der Waals surface area contributed by atoms with Crippen molar-refractivity contribution in [1.82, 2.24) is 15.0 Å².